The van der Waals surface area contributed by atoms with Gasteiger partial charge in [0.1, 0.15) is 5.82 Å². The third-order valence-corrected chi connectivity index (χ3v) is 8.29. The summed E-state index contributed by atoms with van der Waals surface area (Å²) in [5.74, 6) is 2.76. The average Bonchev–Trinajstić information content (AvgIpc) is 3.27. The fraction of sp³-hybridized carbons (Fsp3) is 0.560. The van der Waals surface area contributed by atoms with Crippen molar-refractivity contribution < 1.29 is 0 Å². The Balaban J connectivity index is 1.40. The highest BCUT2D eigenvalue weighted by molar-refractivity contribution is 6.32. The number of nitrogens with zero attached hydrogens (tertiary/aromatic N) is 6. The van der Waals surface area contributed by atoms with Crippen LogP contribution in [0.3, 0.4) is 0 Å². The SMILES string of the molecule is C[C@@H]1Cc2c(nc(N3CC(N(C)C)C3)nc2N2CCNCC2)C[C@H]1c1c(Cl)ccc2[nH]ncc12. The van der Waals surface area contributed by atoms with Crippen LogP contribution in [0.25, 0.3) is 10.9 Å². The fourth-order valence-electron chi connectivity index (χ4n) is 5.76. The Labute approximate surface area is 205 Å². The van der Waals surface area contributed by atoms with Gasteiger partial charge in [-0.3, -0.25) is 5.10 Å². The number of fused-ring (bicyclic) bond motifs is 2. The van der Waals surface area contributed by atoms with E-state index in [-0.39, 0.29) is 0 Å². The second-order valence-corrected chi connectivity index (χ2v) is 10.7. The molecule has 3 aliphatic rings. The van der Waals surface area contributed by atoms with Crippen LogP contribution in [0, 0.1) is 5.92 Å². The van der Waals surface area contributed by atoms with E-state index < -0.39 is 0 Å². The minimum atomic E-state index is 0.297. The van der Waals surface area contributed by atoms with Crippen LogP contribution in [0.2, 0.25) is 5.02 Å². The van der Waals surface area contributed by atoms with Crippen molar-refractivity contribution in [1.82, 2.24) is 30.4 Å². The highest BCUT2D eigenvalue weighted by Gasteiger charge is 2.36. The molecule has 9 heteroatoms. The smallest absolute Gasteiger partial charge is 0.227 e. The molecule has 0 saturated carbocycles. The number of benzene rings is 1. The van der Waals surface area contributed by atoms with E-state index in [2.05, 4.69) is 51.2 Å². The maximum atomic E-state index is 6.80. The van der Waals surface area contributed by atoms with Crippen molar-refractivity contribution in [1.29, 1.82) is 0 Å². The van der Waals surface area contributed by atoms with Gasteiger partial charge >= 0.3 is 0 Å². The Morgan fingerprint density at radius 1 is 1.06 bits per heavy atom. The molecule has 3 aromatic rings. The van der Waals surface area contributed by atoms with Gasteiger partial charge in [-0.25, -0.2) is 4.98 Å². The lowest BCUT2D eigenvalue weighted by atomic mass is 9.74. The Kier molecular flexibility index (Phi) is 5.62. The molecule has 0 spiro atoms. The number of anilines is 2. The first-order valence-corrected chi connectivity index (χ1v) is 12.8. The summed E-state index contributed by atoms with van der Waals surface area (Å²) in [6.45, 7) is 8.27. The Morgan fingerprint density at radius 2 is 1.85 bits per heavy atom. The molecule has 0 radical (unpaired) electrons. The van der Waals surface area contributed by atoms with Crippen molar-refractivity contribution in [3.05, 3.63) is 40.2 Å². The second-order valence-electron chi connectivity index (χ2n) is 10.3. The zero-order chi connectivity index (χ0) is 23.4. The number of hydrogen-bond acceptors (Lipinski definition) is 7. The molecule has 180 valence electrons. The van der Waals surface area contributed by atoms with E-state index in [0.29, 0.717) is 17.9 Å². The van der Waals surface area contributed by atoms with Crippen molar-refractivity contribution in [3.63, 3.8) is 0 Å². The maximum absolute atomic E-state index is 6.80. The molecular formula is C25H33ClN8. The monoisotopic (exact) mass is 480 g/mol. The second kappa shape index (κ2) is 8.66. The number of nitrogens with one attached hydrogen (secondary N) is 2. The summed E-state index contributed by atoms with van der Waals surface area (Å²) in [5.41, 5.74) is 4.75. The summed E-state index contributed by atoms with van der Waals surface area (Å²) in [4.78, 5) is 17.4. The first kappa shape index (κ1) is 22.1. The number of aromatic amines is 1. The predicted octanol–water partition coefficient (Wildman–Crippen LogP) is 2.68. The Hall–Kier alpha value is -2.42. The largest absolute Gasteiger partial charge is 0.354 e. The highest BCUT2D eigenvalue weighted by atomic mass is 35.5. The lowest BCUT2D eigenvalue weighted by Gasteiger charge is -2.44. The van der Waals surface area contributed by atoms with E-state index in [1.165, 1.54) is 16.8 Å². The quantitative estimate of drug-likeness (QED) is 0.594. The number of rotatable bonds is 4. The summed E-state index contributed by atoms with van der Waals surface area (Å²) >= 11 is 6.80. The molecule has 0 unspecified atom stereocenters. The van der Waals surface area contributed by atoms with Crippen LogP contribution in [0.5, 0.6) is 0 Å². The minimum absolute atomic E-state index is 0.297. The molecule has 0 amide bonds. The zero-order valence-corrected chi connectivity index (χ0v) is 20.9. The summed E-state index contributed by atoms with van der Waals surface area (Å²) < 4.78 is 0. The van der Waals surface area contributed by atoms with Crippen molar-refractivity contribution in [2.45, 2.75) is 31.7 Å². The minimum Gasteiger partial charge on any atom is -0.354 e. The molecular weight excluding hydrogens is 448 g/mol. The van der Waals surface area contributed by atoms with Gasteiger partial charge in [0.15, 0.2) is 0 Å². The summed E-state index contributed by atoms with van der Waals surface area (Å²) in [6.07, 6.45) is 3.75. The topological polar surface area (TPSA) is 76.2 Å². The molecule has 2 fully saturated rings. The van der Waals surface area contributed by atoms with E-state index in [9.17, 15) is 0 Å². The molecule has 2 N–H and O–H groups in total. The number of halogens is 1. The van der Waals surface area contributed by atoms with Gasteiger partial charge in [0.25, 0.3) is 0 Å². The number of likely N-dealkylation sites (N-methyl/N-ethyl adjacent to an activating group) is 1. The highest BCUT2D eigenvalue weighted by Crippen LogP contribution is 2.44. The van der Waals surface area contributed by atoms with Gasteiger partial charge in [-0.05, 0) is 56.5 Å². The van der Waals surface area contributed by atoms with Crippen LogP contribution in [0.4, 0.5) is 11.8 Å². The molecule has 34 heavy (non-hydrogen) atoms. The van der Waals surface area contributed by atoms with Crippen LogP contribution in [0.15, 0.2) is 18.3 Å². The first-order chi connectivity index (χ1) is 16.5. The molecule has 6 rings (SSSR count). The number of aromatic nitrogens is 4. The third kappa shape index (κ3) is 3.72. The van der Waals surface area contributed by atoms with Crippen molar-refractivity contribution in [2.24, 2.45) is 5.92 Å². The van der Waals surface area contributed by atoms with Crippen LogP contribution in [0.1, 0.15) is 29.7 Å². The number of hydrogen-bond donors (Lipinski definition) is 2. The fourth-order valence-corrected chi connectivity index (χ4v) is 6.06. The first-order valence-electron chi connectivity index (χ1n) is 12.4. The maximum Gasteiger partial charge on any atom is 0.227 e. The van der Waals surface area contributed by atoms with Crippen molar-refractivity contribution in [3.8, 4) is 0 Å². The summed E-state index contributed by atoms with van der Waals surface area (Å²) in [6, 6.07) is 4.58. The van der Waals surface area contributed by atoms with Crippen molar-refractivity contribution in [2.75, 3.05) is 63.2 Å². The van der Waals surface area contributed by atoms with E-state index in [4.69, 9.17) is 21.6 Å². The van der Waals surface area contributed by atoms with Gasteiger partial charge < -0.3 is 20.0 Å². The number of piperazine rings is 1. The van der Waals surface area contributed by atoms with Crippen LogP contribution in [-0.2, 0) is 12.8 Å². The van der Waals surface area contributed by atoms with E-state index in [1.54, 1.807) is 0 Å². The van der Waals surface area contributed by atoms with Gasteiger partial charge in [-0.15, -0.1) is 0 Å². The van der Waals surface area contributed by atoms with Crippen molar-refractivity contribution >= 4 is 34.3 Å². The molecule has 2 aliphatic heterocycles. The Bertz CT molecular complexity index is 1200. The molecule has 8 nitrogen and oxygen atoms in total. The summed E-state index contributed by atoms with van der Waals surface area (Å²) in [7, 11) is 4.29. The molecule has 2 aromatic heterocycles. The van der Waals surface area contributed by atoms with Gasteiger partial charge in [0, 0.05) is 61.3 Å². The molecule has 1 aromatic carbocycles. The lowest BCUT2D eigenvalue weighted by molar-refractivity contribution is 0.244. The predicted molar refractivity (Wildman–Crippen MR) is 137 cm³/mol. The van der Waals surface area contributed by atoms with E-state index in [1.807, 2.05) is 18.3 Å². The standard InChI is InChI=1S/C25H33ClN8/c1-15-10-18-22(11-17(15)23-19-12-28-31-21(19)5-4-20(23)26)29-25(34-13-16(14-34)32(2)3)30-24(18)33-8-6-27-7-9-33/h4-5,12,15-17,27H,6-11,13-14H2,1-3H3,(H,28,31)/t15-,17-/m1/s1. The molecule has 2 saturated heterocycles. The van der Waals surface area contributed by atoms with Gasteiger partial charge in [0.05, 0.1) is 17.4 Å². The van der Waals surface area contributed by atoms with E-state index in [0.717, 1.165) is 79.8 Å². The number of H-pyrrole nitrogens is 1. The molecule has 2 atom stereocenters. The van der Waals surface area contributed by atoms with Crippen LogP contribution in [-0.4, -0.2) is 84.5 Å². The normalized spacial score (nSPS) is 23.4. The molecule has 4 heterocycles. The lowest BCUT2D eigenvalue weighted by Crippen LogP contribution is -2.58. The molecule has 1 aliphatic carbocycles. The molecule has 0 bridgehead atoms. The average molecular weight is 481 g/mol. The van der Waals surface area contributed by atoms with Crippen LogP contribution >= 0.6 is 11.6 Å². The van der Waals surface area contributed by atoms with Gasteiger partial charge in [-0.1, -0.05) is 18.5 Å². The van der Waals surface area contributed by atoms with E-state index >= 15 is 0 Å². The third-order valence-electron chi connectivity index (χ3n) is 7.96. The zero-order valence-electron chi connectivity index (χ0n) is 20.2. The van der Waals surface area contributed by atoms with Gasteiger partial charge in [-0.2, -0.15) is 10.1 Å². The Morgan fingerprint density at radius 3 is 2.62 bits per heavy atom. The van der Waals surface area contributed by atoms with Crippen LogP contribution < -0.4 is 15.1 Å². The summed E-state index contributed by atoms with van der Waals surface area (Å²) in [5, 5.41) is 12.8. The van der Waals surface area contributed by atoms with Gasteiger partial charge in [0.2, 0.25) is 5.95 Å².